The molecule has 0 heterocycles. The summed E-state index contributed by atoms with van der Waals surface area (Å²) >= 11 is 1.66. The molecule has 0 bridgehead atoms. The lowest BCUT2D eigenvalue weighted by Crippen LogP contribution is -2.35. The Labute approximate surface area is 230 Å². The molecular formula is C27H22F3INO5P. The van der Waals surface area contributed by atoms with E-state index in [1.165, 1.54) is 6.92 Å². The van der Waals surface area contributed by atoms with Gasteiger partial charge in [0.05, 0.1) is 9.13 Å². The lowest BCUT2D eigenvalue weighted by molar-refractivity contribution is -0.146. The van der Waals surface area contributed by atoms with Crippen LogP contribution in [0.25, 0.3) is 10.8 Å². The van der Waals surface area contributed by atoms with E-state index in [1.807, 2.05) is 24.3 Å². The zero-order chi connectivity index (χ0) is 27.3. The minimum absolute atomic E-state index is 0.00215. The third-order valence-electron chi connectivity index (χ3n) is 5.38. The average Bonchev–Trinajstić information content (AvgIpc) is 2.88. The topological polar surface area (TPSA) is 73.9 Å². The van der Waals surface area contributed by atoms with Crippen molar-refractivity contribution in [3.8, 4) is 11.5 Å². The van der Waals surface area contributed by atoms with E-state index >= 15 is 0 Å². The number of halogens is 4. The number of rotatable bonds is 9. The Bertz CT molecular complexity index is 1480. The number of nitrogens with one attached hydrogen (secondary N) is 1. The molecule has 198 valence electrons. The molecule has 0 saturated carbocycles. The van der Waals surface area contributed by atoms with Crippen molar-refractivity contribution in [1.29, 1.82) is 0 Å². The molecule has 0 fully saturated rings. The molecule has 0 amide bonds. The van der Waals surface area contributed by atoms with E-state index in [0.29, 0.717) is 5.39 Å². The van der Waals surface area contributed by atoms with Gasteiger partial charge in [0.1, 0.15) is 24.1 Å². The van der Waals surface area contributed by atoms with Crippen LogP contribution < -0.4 is 14.1 Å². The standard InChI is InChI=1S/C27H22F3INO5P/c1-18(26(33)35-17-19-8-3-2-4-9-19)32-38(34,36-24-13-7-11-20-10-5-6-12-22(20)24)37-25-15-14-21(16-23(25)31)27(28,29)30/h2-16,18H,17H2,1H3,(H,32,34)/t18-,38?/m0/s1. The van der Waals surface area contributed by atoms with Crippen molar-refractivity contribution >= 4 is 47.1 Å². The number of ether oxygens (including phenoxy) is 1. The van der Waals surface area contributed by atoms with Crippen molar-refractivity contribution in [3.05, 3.63) is 106 Å². The van der Waals surface area contributed by atoms with Gasteiger partial charge in [-0.1, -0.05) is 66.7 Å². The van der Waals surface area contributed by atoms with Crippen LogP contribution in [0.1, 0.15) is 18.1 Å². The van der Waals surface area contributed by atoms with Gasteiger partial charge in [-0.2, -0.15) is 18.3 Å². The normalized spacial score (nSPS) is 13.9. The van der Waals surface area contributed by atoms with Gasteiger partial charge in [0, 0.05) is 5.39 Å². The van der Waals surface area contributed by atoms with Crippen LogP contribution in [0.4, 0.5) is 13.2 Å². The minimum Gasteiger partial charge on any atom is -0.460 e. The molecule has 0 aromatic heterocycles. The number of hydrogen-bond acceptors (Lipinski definition) is 5. The first kappa shape index (κ1) is 27.9. The third kappa shape index (κ3) is 7.06. The average molecular weight is 655 g/mol. The van der Waals surface area contributed by atoms with Crippen molar-refractivity contribution in [1.82, 2.24) is 5.09 Å². The van der Waals surface area contributed by atoms with Gasteiger partial charge in [0.2, 0.25) is 0 Å². The number of alkyl halides is 3. The van der Waals surface area contributed by atoms with E-state index in [4.69, 9.17) is 13.8 Å². The number of esters is 1. The highest BCUT2D eigenvalue weighted by atomic mass is 127. The molecule has 0 aliphatic rings. The molecule has 2 atom stereocenters. The SMILES string of the molecule is C[C@H](NP(=O)(Oc1ccc(C(F)(F)F)cc1I)Oc1cccc2ccccc12)C(=O)OCc1ccccc1. The molecule has 0 saturated heterocycles. The smallest absolute Gasteiger partial charge is 0.460 e. The fourth-order valence-electron chi connectivity index (χ4n) is 3.50. The van der Waals surface area contributed by atoms with E-state index in [-0.39, 0.29) is 21.7 Å². The van der Waals surface area contributed by atoms with Gasteiger partial charge in [-0.05, 0) is 64.7 Å². The van der Waals surface area contributed by atoms with Gasteiger partial charge in [-0.3, -0.25) is 4.79 Å². The lowest BCUT2D eigenvalue weighted by Gasteiger charge is -2.24. The summed E-state index contributed by atoms with van der Waals surface area (Å²) in [6.45, 7) is 1.42. The highest BCUT2D eigenvalue weighted by Crippen LogP contribution is 2.48. The monoisotopic (exact) mass is 655 g/mol. The molecule has 0 radical (unpaired) electrons. The second-order valence-corrected chi connectivity index (χ2v) is 11.0. The second kappa shape index (κ2) is 11.8. The van der Waals surface area contributed by atoms with Crippen LogP contribution in [0.3, 0.4) is 0 Å². The van der Waals surface area contributed by atoms with Crippen LogP contribution in [-0.4, -0.2) is 12.0 Å². The summed E-state index contributed by atoms with van der Waals surface area (Å²) in [6, 6.07) is 22.9. The summed E-state index contributed by atoms with van der Waals surface area (Å²) in [5.41, 5.74) is -0.122. The maximum Gasteiger partial charge on any atom is 0.513 e. The van der Waals surface area contributed by atoms with Gasteiger partial charge in [-0.15, -0.1) is 0 Å². The first-order chi connectivity index (χ1) is 18.0. The molecule has 1 N–H and O–H groups in total. The van der Waals surface area contributed by atoms with Gasteiger partial charge in [0.25, 0.3) is 0 Å². The Balaban J connectivity index is 1.61. The largest absolute Gasteiger partial charge is 0.513 e. The van der Waals surface area contributed by atoms with Gasteiger partial charge >= 0.3 is 19.9 Å². The van der Waals surface area contributed by atoms with Crippen molar-refractivity contribution < 1.29 is 36.3 Å². The van der Waals surface area contributed by atoms with Crippen LogP contribution >= 0.6 is 30.3 Å². The molecule has 6 nitrogen and oxygen atoms in total. The second-order valence-electron chi connectivity index (χ2n) is 8.24. The number of fused-ring (bicyclic) bond motifs is 1. The highest BCUT2D eigenvalue weighted by Gasteiger charge is 2.36. The quantitative estimate of drug-likeness (QED) is 0.113. The van der Waals surface area contributed by atoms with Crippen LogP contribution in [0.5, 0.6) is 11.5 Å². The van der Waals surface area contributed by atoms with Gasteiger partial charge < -0.3 is 13.8 Å². The van der Waals surface area contributed by atoms with E-state index in [9.17, 15) is 22.5 Å². The van der Waals surface area contributed by atoms with Crippen LogP contribution in [0, 0.1) is 3.57 Å². The summed E-state index contributed by atoms with van der Waals surface area (Å²) in [7, 11) is -4.39. The first-order valence-corrected chi connectivity index (χ1v) is 14.0. The Morgan fingerprint density at radius 1 is 0.921 bits per heavy atom. The van der Waals surface area contributed by atoms with Crippen molar-refractivity contribution in [2.45, 2.75) is 25.7 Å². The zero-order valence-electron chi connectivity index (χ0n) is 19.9. The molecule has 0 aliphatic carbocycles. The van der Waals surface area contributed by atoms with Gasteiger partial charge in [-0.25, -0.2) is 4.57 Å². The van der Waals surface area contributed by atoms with Crippen molar-refractivity contribution in [2.75, 3.05) is 0 Å². The fourth-order valence-corrected chi connectivity index (χ4v) is 5.86. The number of benzene rings is 4. The highest BCUT2D eigenvalue weighted by molar-refractivity contribution is 14.1. The molecule has 1 unspecified atom stereocenters. The summed E-state index contributed by atoms with van der Waals surface area (Å²) in [5.74, 6) is -0.633. The molecule has 4 aromatic carbocycles. The summed E-state index contributed by atoms with van der Waals surface area (Å²) in [4.78, 5) is 12.7. The molecule has 4 rings (SSSR count). The zero-order valence-corrected chi connectivity index (χ0v) is 23.0. The Morgan fingerprint density at radius 3 is 2.29 bits per heavy atom. The fraction of sp³-hybridized carbons (Fsp3) is 0.148. The van der Waals surface area contributed by atoms with Crippen molar-refractivity contribution in [3.63, 3.8) is 0 Å². The molecule has 0 spiro atoms. The van der Waals surface area contributed by atoms with Crippen LogP contribution in [0.15, 0.2) is 91.0 Å². The minimum atomic E-state index is -4.56. The van der Waals surface area contributed by atoms with E-state index < -0.39 is 31.5 Å². The van der Waals surface area contributed by atoms with Crippen LogP contribution in [0.2, 0.25) is 0 Å². The Kier molecular flexibility index (Phi) is 8.64. The summed E-state index contributed by atoms with van der Waals surface area (Å²) in [6.07, 6.45) is -4.56. The predicted octanol–water partition coefficient (Wildman–Crippen LogP) is 7.75. The Morgan fingerprint density at radius 2 is 1.58 bits per heavy atom. The Hall–Kier alpha value is -3.08. The lowest BCUT2D eigenvalue weighted by atomic mass is 10.1. The van der Waals surface area contributed by atoms with Crippen molar-refractivity contribution in [2.24, 2.45) is 0 Å². The number of carbonyl (C=O) groups excluding carboxylic acids is 1. The van der Waals surface area contributed by atoms with E-state index in [1.54, 1.807) is 71.1 Å². The third-order valence-corrected chi connectivity index (χ3v) is 7.80. The van der Waals surface area contributed by atoms with Gasteiger partial charge in [0.15, 0.2) is 0 Å². The number of carbonyl (C=O) groups is 1. The molecule has 4 aromatic rings. The molecule has 0 aliphatic heterocycles. The maximum atomic E-state index is 14.0. The molecule has 38 heavy (non-hydrogen) atoms. The van der Waals surface area contributed by atoms with Crippen LogP contribution in [-0.2, 0) is 26.9 Å². The van der Waals surface area contributed by atoms with E-state index in [2.05, 4.69) is 5.09 Å². The first-order valence-electron chi connectivity index (χ1n) is 11.4. The predicted molar refractivity (Wildman–Crippen MR) is 146 cm³/mol. The number of hydrogen-bond donors (Lipinski definition) is 1. The maximum absolute atomic E-state index is 14.0. The van der Waals surface area contributed by atoms with E-state index in [0.717, 1.165) is 29.1 Å². The summed E-state index contributed by atoms with van der Waals surface area (Å²) in [5, 5.41) is 4.00. The molecular weight excluding hydrogens is 633 g/mol. The molecule has 11 heteroatoms. The summed E-state index contributed by atoms with van der Waals surface area (Å²) < 4.78 is 70.4.